The molecule has 0 bridgehead atoms. The van der Waals surface area contributed by atoms with E-state index in [0.717, 1.165) is 11.3 Å². The molecule has 1 unspecified atom stereocenters. The van der Waals surface area contributed by atoms with Gasteiger partial charge in [-0.25, -0.2) is 4.98 Å². The van der Waals surface area contributed by atoms with E-state index in [1.807, 2.05) is 11.0 Å². The highest BCUT2D eigenvalue weighted by Crippen LogP contribution is 2.42. The lowest BCUT2D eigenvalue weighted by Gasteiger charge is -2.25. The number of halogens is 2. The number of aromatic nitrogens is 1. The number of carbonyl (C=O) groups is 1. The van der Waals surface area contributed by atoms with Gasteiger partial charge in [-0.1, -0.05) is 29.3 Å². The van der Waals surface area contributed by atoms with Gasteiger partial charge in [0.1, 0.15) is 5.37 Å². The van der Waals surface area contributed by atoms with E-state index in [2.05, 4.69) is 4.98 Å². The van der Waals surface area contributed by atoms with Crippen LogP contribution in [0.2, 0.25) is 10.0 Å². The van der Waals surface area contributed by atoms with Gasteiger partial charge >= 0.3 is 0 Å². The third-order valence-electron chi connectivity index (χ3n) is 3.57. The second-order valence-electron chi connectivity index (χ2n) is 4.97. The molecule has 1 aromatic heterocycles. The predicted octanol–water partition coefficient (Wildman–Crippen LogP) is 4.28. The molecule has 2 heterocycles. The Labute approximate surface area is 148 Å². The average Bonchev–Trinajstić information content (AvgIpc) is 3.03. The minimum Gasteiger partial charge on any atom is -0.481 e. The Bertz CT molecular complexity index is 742. The third-order valence-corrected chi connectivity index (χ3v) is 5.38. The molecule has 3 rings (SSSR count). The van der Waals surface area contributed by atoms with Gasteiger partial charge in [0.25, 0.3) is 5.91 Å². The molecule has 4 nitrogen and oxygen atoms in total. The quantitative estimate of drug-likeness (QED) is 0.810. The lowest BCUT2D eigenvalue weighted by atomic mass is 10.1. The van der Waals surface area contributed by atoms with E-state index >= 15 is 0 Å². The van der Waals surface area contributed by atoms with E-state index in [1.54, 1.807) is 42.2 Å². The van der Waals surface area contributed by atoms with Crippen molar-refractivity contribution in [2.45, 2.75) is 5.37 Å². The Morgan fingerprint density at radius 3 is 2.91 bits per heavy atom. The minimum absolute atomic E-state index is 0.0632. The summed E-state index contributed by atoms with van der Waals surface area (Å²) in [6, 6.07) is 8.70. The normalized spacial score (nSPS) is 17.3. The topological polar surface area (TPSA) is 42.4 Å². The van der Waals surface area contributed by atoms with Gasteiger partial charge in [0.15, 0.2) is 0 Å². The second-order valence-corrected chi connectivity index (χ2v) is 7.01. The smallest absolute Gasteiger partial charge is 0.255 e. The molecule has 1 aliphatic heterocycles. The predicted molar refractivity (Wildman–Crippen MR) is 93.5 cm³/mol. The molecule has 1 aliphatic rings. The van der Waals surface area contributed by atoms with Crippen LogP contribution in [0.5, 0.6) is 5.88 Å². The number of carbonyl (C=O) groups excluding carboxylic acids is 1. The summed E-state index contributed by atoms with van der Waals surface area (Å²) >= 11 is 14.0. The Hall–Kier alpha value is -1.43. The van der Waals surface area contributed by atoms with Crippen molar-refractivity contribution in [1.82, 2.24) is 9.88 Å². The first-order valence-electron chi connectivity index (χ1n) is 6.97. The van der Waals surface area contributed by atoms with Crippen LogP contribution >= 0.6 is 35.0 Å². The molecule has 0 saturated carbocycles. The largest absolute Gasteiger partial charge is 0.481 e. The number of thioether (sulfide) groups is 1. The fraction of sp³-hybridized carbons (Fsp3) is 0.250. The van der Waals surface area contributed by atoms with Crippen LogP contribution in [0.3, 0.4) is 0 Å². The number of amides is 1. The zero-order chi connectivity index (χ0) is 16.4. The molecule has 1 fully saturated rings. The third kappa shape index (κ3) is 3.42. The first kappa shape index (κ1) is 16.4. The first-order chi connectivity index (χ1) is 11.1. The molecule has 1 atom stereocenters. The summed E-state index contributed by atoms with van der Waals surface area (Å²) in [4.78, 5) is 18.7. The number of pyridine rings is 1. The molecule has 120 valence electrons. The highest BCUT2D eigenvalue weighted by atomic mass is 35.5. The van der Waals surface area contributed by atoms with Crippen LogP contribution < -0.4 is 4.74 Å². The van der Waals surface area contributed by atoms with Crippen molar-refractivity contribution in [3.8, 4) is 5.88 Å². The average molecular weight is 369 g/mol. The molecular formula is C16H14Cl2N2O2S. The van der Waals surface area contributed by atoms with E-state index in [1.165, 1.54) is 7.11 Å². The molecular weight excluding hydrogens is 355 g/mol. The number of nitrogens with zero attached hydrogens (tertiary/aromatic N) is 2. The van der Waals surface area contributed by atoms with E-state index in [4.69, 9.17) is 27.9 Å². The van der Waals surface area contributed by atoms with Crippen molar-refractivity contribution in [3.63, 3.8) is 0 Å². The summed E-state index contributed by atoms with van der Waals surface area (Å²) in [6.45, 7) is 0.664. The van der Waals surface area contributed by atoms with Gasteiger partial charge in [-0.05, 0) is 18.2 Å². The van der Waals surface area contributed by atoms with Crippen LogP contribution in [0.4, 0.5) is 0 Å². The maximum Gasteiger partial charge on any atom is 0.255 e. The lowest BCUT2D eigenvalue weighted by molar-refractivity contribution is 0.0760. The van der Waals surface area contributed by atoms with Gasteiger partial charge in [-0.3, -0.25) is 4.79 Å². The zero-order valence-electron chi connectivity index (χ0n) is 12.3. The summed E-state index contributed by atoms with van der Waals surface area (Å²) in [6.07, 6.45) is 1.57. The Kier molecular flexibility index (Phi) is 4.99. The summed E-state index contributed by atoms with van der Waals surface area (Å²) in [5.41, 5.74) is 1.45. The van der Waals surface area contributed by atoms with Crippen molar-refractivity contribution in [1.29, 1.82) is 0 Å². The van der Waals surface area contributed by atoms with Gasteiger partial charge in [0.05, 0.1) is 7.11 Å². The number of benzene rings is 1. The first-order valence-corrected chi connectivity index (χ1v) is 8.78. The summed E-state index contributed by atoms with van der Waals surface area (Å²) in [5.74, 6) is 1.22. The summed E-state index contributed by atoms with van der Waals surface area (Å²) < 4.78 is 5.09. The van der Waals surface area contributed by atoms with Gasteiger partial charge < -0.3 is 9.64 Å². The monoisotopic (exact) mass is 368 g/mol. The number of ether oxygens (including phenoxy) is 1. The van der Waals surface area contributed by atoms with Gasteiger partial charge in [0, 0.05) is 45.7 Å². The van der Waals surface area contributed by atoms with E-state index < -0.39 is 0 Å². The van der Waals surface area contributed by atoms with Crippen molar-refractivity contribution in [2.24, 2.45) is 0 Å². The fourth-order valence-electron chi connectivity index (χ4n) is 2.46. The van der Waals surface area contributed by atoms with E-state index in [0.29, 0.717) is 28.0 Å². The minimum atomic E-state index is -0.119. The van der Waals surface area contributed by atoms with E-state index in [-0.39, 0.29) is 11.3 Å². The van der Waals surface area contributed by atoms with Crippen LogP contribution in [-0.2, 0) is 0 Å². The van der Waals surface area contributed by atoms with Crippen molar-refractivity contribution in [2.75, 3.05) is 19.4 Å². The lowest BCUT2D eigenvalue weighted by Crippen LogP contribution is -2.30. The van der Waals surface area contributed by atoms with Crippen molar-refractivity contribution >= 4 is 40.9 Å². The fourth-order valence-corrected chi connectivity index (χ4v) is 4.33. The van der Waals surface area contributed by atoms with Crippen LogP contribution in [0, 0.1) is 0 Å². The number of methoxy groups -OCH3 is 1. The van der Waals surface area contributed by atoms with Gasteiger partial charge in [-0.15, -0.1) is 11.8 Å². The highest BCUT2D eigenvalue weighted by Gasteiger charge is 2.32. The van der Waals surface area contributed by atoms with Crippen LogP contribution in [0.15, 0.2) is 36.5 Å². The van der Waals surface area contributed by atoms with Crippen LogP contribution in [0.1, 0.15) is 21.3 Å². The molecule has 1 saturated heterocycles. The Morgan fingerprint density at radius 2 is 2.17 bits per heavy atom. The zero-order valence-corrected chi connectivity index (χ0v) is 14.7. The highest BCUT2D eigenvalue weighted by molar-refractivity contribution is 7.99. The molecule has 7 heteroatoms. The summed E-state index contributed by atoms with van der Waals surface area (Å²) in [5, 5.41) is 1.03. The molecule has 1 aromatic carbocycles. The van der Waals surface area contributed by atoms with Crippen LogP contribution in [0.25, 0.3) is 0 Å². The number of hydrogen-bond donors (Lipinski definition) is 0. The SMILES string of the molecule is COc1cc(C(=O)N2CCSC2c2ccc(Cl)cc2Cl)ccn1. The number of hydrogen-bond acceptors (Lipinski definition) is 4. The van der Waals surface area contributed by atoms with E-state index in [9.17, 15) is 4.79 Å². The summed E-state index contributed by atoms with van der Waals surface area (Å²) in [7, 11) is 1.53. The molecule has 0 N–H and O–H groups in total. The maximum absolute atomic E-state index is 12.8. The van der Waals surface area contributed by atoms with Gasteiger partial charge in [0.2, 0.25) is 5.88 Å². The second kappa shape index (κ2) is 6.99. The molecule has 0 aliphatic carbocycles. The molecule has 0 spiro atoms. The van der Waals surface area contributed by atoms with Gasteiger partial charge in [-0.2, -0.15) is 0 Å². The number of rotatable bonds is 3. The Morgan fingerprint density at radius 1 is 1.35 bits per heavy atom. The Balaban J connectivity index is 1.90. The van der Waals surface area contributed by atoms with Crippen molar-refractivity contribution in [3.05, 3.63) is 57.7 Å². The maximum atomic E-state index is 12.8. The molecule has 0 radical (unpaired) electrons. The molecule has 2 aromatic rings. The van der Waals surface area contributed by atoms with Crippen LogP contribution in [-0.4, -0.2) is 35.2 Å². The molecule has 1 amide bonds. The standard InChI is InChI=1S/C16H14Cl2N2O2S/c1-22-14-8-10(4-5-19-14)15(21)20-6-7-23-16(20)12-3-2-11(17)9-13(12)18/h2-5,8-9,16H,6-7H2,1H3. The molecule has 23 heavy (non-hydrogen) atoms. The van der Waals surface area contributed by atoms with Crippen molar-refractivity contribution < 1.29 is 9.53 Å².